The van der Waals surface area contributed by atoms with Crippen LogP contribution in [0.5, 0.6) is 11.5 Å². The predicted octanol–water partition coefficient (Wildman–Crippen LogP) is 2.28. The highest BCUT2D eigenvalue weighted by molar-refractivity contribution is 5.41. The zero-order valence-electron chi connectivity index (χ0n) is 12.0. The van der Waals surface area contributed by atoms with E-state index < -0.39 is 6.10 Å². The van der Waals surface area contributed by atoms with Crippen LogP contribution in [0.15, 0.2) is 18.2 Å². The van der Waals surface area contributed by atoms with Crippen LogP contribution in [-0.4, -0.2) is 38.8 Å². The van der Waals surface area contributed by atoms with Crippen LogP contribution < -0.4 is 9.47 Å². The monoisotopic (exact) mass is 282 g/mol. The van der Waals surface area contributed by atoms with Gasteiger partial charge in [-0.3, -0.25) is 0 Å². The zero-order valence-corrected chi connectivity index (χ0v) is 12.0. The quantitative estimate of drug-likeness (QED) is 0.867. The van der Waals surface area contributed by atoms with E-state index in [1.54, 1.807) is 20.3 Å². The summed E-state index contributed by atoms with van der Waals surface area (Å²) in [6, 6.07) is 5.41. The van der Waals surface area contributed by atoms with Crippen LogP contribution in [0, 0.1) is 0 Å². The van der Waals surface area contributed by atoms with Gasteiger partial charge in [0.05, 0.1) is 33.5 Å². The molecule has 1 saturated heterocycles. The molecule has 1 aliphatic rings. The van der Waals surface area contributed by atoms with Gasteiger partial charge >= 0.3 is 0 Å². The van der Waals surface area contributed by atoms with Gasteiger partial charge in [0.1, 0.15) is 11.5 Å². The topological polar surface area (TPSA) is 57.2 Å². The summed E-state index contributed by atoms with van der Waals surface area (Å²) in [5.41, 5.74) is 0.754. The number of rotatable bonds is 6. The van der Waals surface area contributed by atoms with E-state index in [0.29, 0.717) is 24.3 Å². The van der Waals surface area contributed by atoms with E-state index in [4.69, 9.17) is 18.9 Å². The number of methoxy groups -OCH3 is 2. The van der Waals surface area contributed by atoms with Gasteiger partial charge < -0.3 is 24.1 Å². The number of aliphatic hydroxyl groups is 1. The Balaban J connectivity index is 1.95. The number of hydrogen-bond acceptors (Lipinski definition) is 5. The maximum Gasteiger partial charge on any atom is 0.157 e. The lowest BCUT2D eigenvalue weighted by Gasteiger charge is -2.24. The summed E-state index contributed by atoms with van der Waals surface area (Å²) >= 11 is 0. The third kappa shape index (κ3) is 3.85. The Morgan fingerprint density at radius 2 is 2.00 bits per heavy atom. The molecule has 0 spiro atoms. The van der Waals surface area contributed by atoms with Crippen LogP contribution in [0.2, 0.25) is 0 Å². The first-order valence-corrected chi connectivity index (χ1v) is 6.87. The maximum absolute atomic E-state index is 10.3. The molecular formula is C15H22O5. The summed E-state index contributed by atoms with van der Waals surface area (Å²) in [5.74, 6) is 1.33. The standard InChI is InChI=1S/C15H22O5/c1-17-11-4-5-12(14(10-11)18-2)13(16)6-7-15-19-8-3-9-20-15/h4-5,10,13,15-16H,3,6-9H2,1-2H3/t13-/m0/s1. The third-order valence-corrected chi connectivity index (χ3v) is 3.37. The Labute approximate surface area is 119 Å². The molecule has 1 aromatic carbocycles. The van der Waals surface area contributed by atoms with E-state index in [9.17, 15) is 5.11 Å². The highest BCUT2D eigenvalue weighted by atomic mass is 16.7. The summed E-state index contributed by atoms with van der Waals surface area (Å²) in [6.45, 7) is 1.46. The normalized spacial score (nSPS) is 17.8. The van der Waals surface area contributed by atoms with Gasteiger partial charge in [-0.25, -0.2) is 0 Å². The molecule has 0 radical (unpaired) electrons. The maximum atomic E-state index is 10.3. The molecule has 5 heteroatoms. The number of aliphatic hydroxyl groups excluding tert-OH is 1. The Kier molecular flexibility index (Phi) is 5.64. The van der Waals surface area contributed by atoms with Crippen molar-refractivity contribution in [3.8, 4) is 11.5 Å². The second-order valence-corrected chi connectivity index (χ2v) is 4.73. The van der Waals surface area contributed by atoms with Crippen LogP contribution in [0.1, 0.15) is 30.9 Å². The molecule has 0 bridgehead atoms. The molecule has 0 unspecified atom stereocenters. The molecule has 2 rings (SSSR count). The van der Waals surface area contributed by atoms with Crippen molar-refractivity contribution in [2.45, 2.75) is 31.7 Å². The lowest BCUT2D eigenvalue weighted by molar-refractivity contribution is -0.183. The van der Waals surface area contributed by atoms with E-state index in [1.807, 2.05) is 12.1 Å². The highest BCUT2D eigenvalue weighted by Gasteiger charge is 2.19. The lowest BCUT2D eigenvalue weighted by atomic mass is 10.0. The first kappa shape index (κ1) is 15.1. The summed E-state index contributed by atoms with van der Waals surface area (Å²) in [6.07, 6.45) is 1.35. The van der Waals surface area contributed by atoms with Crippen molar-refractivity contribution in [1.82, 2.24) is 0 Å². The van der Waals surface area contributed by atoms with Crippen molar-refractivity contribution in [2.24, 2.45) is 0 Å². The van der Waals surface area contributed by atoms with Crippen LogP contribution in [-0.2, 0) is 9.47 Å². The lowest BCUT2D eigenvalue weighted by Crippen LogP contribution is -2.25. The van der Waals surface area contributed by atoms with Crippen molar-refractivity contribution in [2.75, 3.05) is 27.4 Å². The molecule has 1 fully saturated rings. The average molecular weight is 282 g/mol. The van der Waals surface area contributed by atoms with Crippen LogP contribution in [0.4, 0.5) is 0 Å². The Morgan fingerprint density at radius 1 is 1.25 bits per heavy atom. The Hall–Kier alpha value is -1.30. The molecule has 1 atom stereocenters. The SMILES string of the molecule is COc1ccc([C@@H](O)CCC2OCCCO2)c(OC)c1. The second kappa shape index (κ2) is 7.47. The molecule has 0 amide bonds. The summed E-state index contributed by atoms with van der Waals surface area (Å²) in [5, 5.41) is 10.3. The minimum Gasteiger partial charge on any atom is -0.497 e. The Morgan fingerprint density at radius 3 is 2.65 bits per heavy atom. The summed E-state index contributed by atoms with van der Waals surface area (Å²) in [7, 11) is 3.18. The average Bonchev–Trinajstić information content (AvgIpc) is 2.52. The molecule has 1 N–H and O–H groups in total. The first-order chi connectivity index (χ1) is 9.74. The second-order valence-electron chi connectivity index (χ2n) is 4.73. The smallest absolute Gasteiger partial charge is 0.157 e. The van der Waals surface area contributed by atoms with E-state index in [2.05, 4.69) is 0 Å². The van der Waals surface area contributed by atoms with E-state index in [-0.39, 0.29) is 6.29 Å². The molecule has 1 aliphatic heterocycles. The largest absolute Gasteiger partial charge is 0.497 e. The Bertz CT molecular complexity index is 415. The van der Waals surface area contributed by atoms with Gasteiger partial charge in [0.2, 0.25) is 0 Å². The fourth-order valence-corrected chi connectivity index (χ4v) is 2.25. The molecule has 0 aliphatic carbocycles. The predicted molar refractivity (Wildman–Crippen MR) is 74.0 cm³/mol. The van der Waals surface area contributed by atoms with Gasteiger partial charge in [-0.05, 0) is 25.0 Å². The fourth-order valence-electron chi connectivity index (χ4n) is 2.25. The number of ether oxygens (including phenoxy) is 4. The van der Waals surface area contributed by atoms with Gasteiger partial charge in [-0.1, -0.05) is 0 Å². The van der Waals surface area contributed by atoms with Crippen LogP contribution in [0.3, 0.4) is 0 Å². The summed E-state index contributed by atoms with van der Waals surface area (Å²) in [4.78, 5) is 0. The van der Waals surface area contributed by atoms with Gasteiger partial charge in [-0.15, -0.1) is 0 Å². The highest BCUT2D eigenvalue weighted by Crippen LogP contribution is 2.32. The van der Waals surface area contributed by atoms with Gasteiger partial charge in [0, 0.05) is 18.1 Å². The van der Waals surface area contributed by atoms with Crippen molar-refractivity contribution < 1.29 is 24.1 Å². The minimum atomic E-state index is -0.606. The van der Waals surface area contributed by atoms with E-state index in [1.165, 1.54) is 0 Å². The number of hydrogen-bond donors (Lipinski definition) is 1. The number of benzene rings is 1. The molecule has 112 valence electrons. The van der Waals surface area contributed by atoms with E-state index in [0.717, 1.165) is 25.2 Å². The van der Waals surface area contributed by atoms with Crippen LogP contribution in [0.25, 0.3) is 0 Å². The van der Waals surface area contributed by atoms with Gasteiger partial charge in [0.15, 0.2) is 6.29 Å². The van der Waals surface area contributed by atoms with Crippen molar-refractivity contribution >= 4 is 0 Å². The van der Waals surface area contributed by atoms with Gasteiger partial charge in [-0.2, -0.15) is 0 Å². The summed E-state index contributed by atoms with van der Waals surface area (Å²) < 4.78 is 21.4. The van der Waals surface area contributed by atoms with Crippen molar-refractivity contribution in [1.29, 1.82) is 0 Å². The first-order valence-electron chi connectivity index (χ1n) is 6.87. The molecule has 1 heterocycles. The molecule has 0 saturated carbocycles. The molecule has 1 aromatic rings. The van der Waals surface area contributed by atoms with Crippen LogP contribution >= 0.6 is 0 Å². The van der Waals surface area contributed by atoms with Crippen molar-refractivity contribution in [3.05, 3.63) is 23.8 Å². The molecule has 5 nitrogen and oxygen atoms in total. The molecule has 0 aromatic heterocycles. The van der Waals surface area contributed by atoms with E-state index >= 15 is 0 Å². The third-order valence-electron chi connectivity index (χ3n) is 3.37. The van der Waals surface area contributed by atoms with Gasteiger partial charge in [0.25, 0.3) is 0 Å². The zero-order chi connectivity index (χ0) is 14.4. The fraction of sp³-hybridized carbons (Fsp3) is 0.600. The van der Waals surface area contributed by atoms with Crippen molar-refractivity contribution in [3.63, 3.8) is 0 Å². The minimum absolute atomic E-state index is 0.206. The molecular weight excluding hydrogens is 260 g/mol. The molecule has 20 heavy (non-hydrogen) atoms.